The number of rotatable bonds is 4. The molecule has 2 rings (SSSR count). The molecule has 0 heterocycles. The number of hydrogen-bond donors (Lipinski definition) is 2. The highest BCUT2D eigenvalue weighted by Gasteiger charge is 2.08. The molecule has 0 saturated carbocycles. The first-order valence-electron chi connectivity index (χ1n) is 5.72. The van der Waals surface area contributed by atoms with Crippen molar-refractivity contribution in [3.8, 4) is 17.2 Å². The summed E-state index contributed by atoms with van der Waals surface area (Å²) < 4.78 is 24.3. The Bertz CT molecular complexity index is 588. The number of methoxy groups -OCH3 is 1. The highest BCUT2D eigenvalue weighted by atomic mass is 19.1. The minimum Gasteiger partial charge on any atom is -0.495 e. The molecule has 2 aromatic rings. The lowest BCUT2D eigenvalue weighted by molar-refractivity contribution is 0.413. The largest absolute Gasteiger partial charge is 0.495 e. The zero-order valence-corrected chi connectivity index (χ0v) is 10.7. The molecule has 0 atom stereocenters. The Labute approximate surface area is 111 Å². The Morgan fingerprint density at radius 1 is 1.11 bits per heavy atom. The molecule has 0 fully saturated rings. The van der Waals surface area contributed by atoms with Gasteiger partial charge < -0.3 is 20.5 Å². The highest BCUT2D eigenvalue weighted by Crippen LogP contribution is 2.32. The molecule has 5 heteroatoms. The van der Waals surface area contributed by atoms with E-state index in [4.69, 9.17) is 15.2 Å². The molecule has 0 saturated heterocycles. The van der Waals surface area contributed by atoms with Crippen LogP contribution < -0.4 is 20.5 Å². The van der Waals surface area contributed by atoms with Gasteiger partial charge in [-0.15, -0.1) is 0 Å². The van der Waals surface area contributed by atoms with Crippen LogP contribution in [0.15, 0.2) is 36.4 Å². The van der Waals surface area contributed by atoms with Crippen LogP contribution in [0.3, 0.4) is 0 Å². The Balaban J connectivity index is 2.28. The number of nitrogens with one attached hydrogen (secondary N) is 1. The molecule has 0 aromatic heterocycles. The molecule has 0 aliphatic rings. The number of anilines is 2. The van der Waals surface area contributed by atoms with Gasteiger partial charge in [-0.2, -0.15) is 0 Å². The monoisotopic (exact) mass is 262 g/mol. The summed E-state index contributed by atoms with van der Waals surface area (Å²) >= 11 is 0. The van der Waals surface area contributed by atoms with Crippen LogP contribution in [0.4, 0.5) is 15.8 Å². The van der Waals surface area contributed by atoms with Crippen LogP contribution in [0.1, 0.15) is 0 Å². The van der Waals surface area contributed by atoms with E-state index in [0.29, 0.717) is 17.2 Å². The summed E-state index contributed by atoms with van der Waals surface area (Å²) in [6, 6.07) is 9.48. The van der Waals surface area contributed by atoms with Crippen molar-refractivity contribution in [2.45, 2.75) is 0 Å². The van der Waals surface area contributed by atoms with E-state index < -0.39 is 5.82 Å². The summed E-state index contributed by atoms with van der Waals surface area (Å²) in [4.78, 5) is 0. The quantitative estimate of drug-likeness (QED) is 0.830. The predicted molar refractivity (Wildman–Crippen MR) is 73.4 cm³/mol. The maximum atomic E-state index is 13.6. The van der Waals surface area contributed by atoms with E-state index in [2.05, 4.69) is 5.32 Å². The summed E-state index contributed by atoms with van der Waals surface area (Å²) in [5, 5.41) is 2.98. The second-order valence-electron chi connectivity index (χ2n) is 3.90. The van der Waals surface area contributed by atoms with Gasteiger partial charge in [-0.1, -0.05) is 0 Å². The van der Waals surface area contributed by atoms with Crippen LogP contribution >= 0.6 is 0 Å². The number of ether oxygens (including phenoxy) is 2. The zero-order chi connectivity index (χ0) is 13.8. The standard InChI is InChI=1S/C14H15FN2O2/c1-17-12-8-10(4-6-14(12)18-2)19-13-5-3-9(16)7-11(13)15/h3-8,17H,16H2,1-2H3. The highest BCUT2D eigenvalue weighted by molar-refractivity contribution is 5.60. The second-order valence-corrected chi connectivity index (χ2v) is 3.90. The summed E-state index contributed by atoms with van der Waals surface area (Å²) in [5.41, 5.74) is 6.60. The SMILES string of the molecule is CNc1cc(Oc2ccc(N)cc2F)ccc1OC. The molecule has 2 aromatic carbocycles. The van der Waals surface area contributed by atoms with Crippen LogP contribution in [0.25, 0.3) is 0 Å². The molecule has 3 N–H and O–H groups in total. The van der Waals surface area contributed by atoms with Gasteiger partial charge in [0, 0.05) is 24.9 Å². The van der Waals surface area contributed by atoms with Crippen molar-refractivity contribution in [3.63, 3.8) is 0 Å². The molecule has 0 spiro atoms. The van der Waals surface area contributed by atoms with Gasteiger partial charge in [-0.25, -0.2) is 4.39 Å². The zero-order valence-electron chi connectivity index (χ0n) is 10.7. The summed E-state index contributed by atoms with van der Waals surface area (Å²) in [6.45, 7) is 0. The van der Waals surface area contributed by atoms with E-state index in [0.717, 1.165) is 5.69 Å². The molecule has 0 aliphatic carbocycles. The normalized spacial score (nSPS) is 10.1. The Morgan fingerprint density at radius 3 is 2.47 bits per heavy atom. The van der Waals surface area contributed by atoms with Crippen molar-refractivity contribution in [3.05, 3.63) is 42.2 Å². The average molecular weight is 262 g/mol. The van der Waals surface area contributed by atoms with Crippen LogP contribution in [0.5, 0.6) is 17.2 Å². The number of nitrogens with two attached hydrogens (primary N) is 1. The third-order valence-corrected chi connectivity index (χ3v) is 2.62. The summed E-state index contributed by atoms with van der Waals surface area (Å²) in [7, 11) is 3.35. The van der Waals surface area contributed by atoms with E-state index in [1.54, 1.807) is 38.4 Å². The molecule has 0 unspecified atom stereocenters. The fourth-order valence-corrected chi connectivity index (χ4v) is 1.67. The first-order chi connectivity index (χ1) is 9.13. The van der Waals surface area contributed by atoms with Gasteiger partial charge in [0.2, 0.25) is 0 Å². The smallest absolute Gasteiger partial charge is 0.167 e. The Morgan fingerprint density at radius 2 is 1.84 bits per heavy atom. The second kappa shape index (κ2) is 5.48. The minimum absolute atomic E-state index is 0.126. The van der Waals surface area contributed by atoms with Crippen molar-refractivity contribution < 1.29 is 13.9 Å². The lowest BCUT2D eigenvalue weighted by atomic mass is 10.2. The molecule has 0 aliphatic heterocycles. The molecule has 0 amide bonds. The number of benzene rings is 2. The van der Waals surface area contributed by atoms with E-state index in [-0.39, 0.29) is 5.75 Å². The van der Waals surface area contributed by atoms with Crippen molar-refractivity contribution in [2.24, 2.45) is 0 Å². The van der Waals surface area contributed by atoms with E-state index in [1.807, 2.05) is 0 Å². The average Bonchev–Trinajstić information content (AvgIpc) is 2.41. The lowest BCUT2D eigenvalue weighted by Crippen LogP contribution is -1.95. The molecule has 0 bridgehead atoms. The summed E-state index contributed by atoms with van der Waals surface area (Å²) in [6.07, 6.45) is 0. The summed E-state index contributed by atoms with van der Waals surface area (Å²) in [5.74, 6) is 0.824. The fraction of sp³-hybridized carbons (Fsp3) is 0.143. The van der Waals surface area contributed by atoms with Crippen LogP contribution in [-0.2, 0) is 0 Å². The van der Waals surface area contributed by atoms with Crippen molar-refractivity contribution in [1.82, 2.24) is 0 Å². The topological polar surface area (TPSA) is 56.5 Å². The molecule has 19 heavy (non-hydrogen) atoms. The van der Waals surface area contributed by atoms with E-state index in [9.17, 15) is 4.39 Å². The van der Waals surface area contributed by atoms with Gasteiger partial charge in [0.15, 0.2) is 11.6 Å². The van der Waals surface area contributed by atoms with Gasteiger partial charge in [-0.3, -0.25) is 0 Å². The van der Waals surface area contributed by atoms with Crippen LogP contribution in [0.2, 0.25) is 0 Å². The third-order valence-electron chi connectivity index (χ3n) is 2.62. The molecule has 0 radical (unpaired) electrons. The van der Waals surface area contributed by atoms with Crippen molar-refractivity contribution >= 4 is 11.4 Å². The maximum absolute atomic E-state index is 13.6. The van der Waals surface area contributed by atoms with Crippen LogP contribution in [-0.4, -0.2) is 14.2 Å². The van der Waals surface area contributed by atoms with Gasteiger partial charge in [0.05, 0.1) is 12.8 Å². The van der Waals surface area contributed by atoms with Crippen molar-refractivity contribution in [1.29, 1.82) is 0 Å². The van der Waals surface area contributed by atoms with E-state index in [1.165, 1.54) is 12.1 Å². The predicted octanol–water partition coefficient (Wildman–Crippen LogP) is 3.25. The van der Waals surface area contributed by atoms with Crippen molar-refractivity contribution in [2.75, 3.05) is 25.2 Å². The fourth-order valence-electron chi connectivity index (χ4n) is 1.67. The van der Waals surface area contributed by atoms with Crippen LogP contribution in [0, 0.1) is 5.82 Å². The molecular weight excluding hydrogens is 247 g/mol. The maximum Gasteiger partial charge on any atom is 0.167 e. The lowest BCUT2D eigenvalue weighted by Gasteiger charge is -2.11. The first kappa shape index (κ1) is 13.0. The van der Waals surface area contributed by atoms with Gasteiger partial charge in [0.25, 0.3) is 0 Å². The Hall–Kier alpha value is -2.43. The van der Waals surface area contributed by atoms with E-state index >= 15 is 0 Å². The number of nitrogen functional groups attached to an aromatic ring is 1. The first-order valence-corrected chi connectivity index (χ1v) is 5.72. The molecule has 100 valence electrons. The van der Waals surface area contributed by atoms with Gasteiger partial charge >= 0.3 is 0 Å². The number of hydrogen-bond acceptors (Lipinski definition) is 4. The van der Waals surface area contributed by atoms with Gasteiger partial charge in [-0.05, 0) is 24.3 Å². The van der Waals surface area contributed by atoms with Gasteiger partial charge in [0.1, 0.15) is 11.5 Å². The third kappa shape index (κ3) is 2.88. The Kier molecular flexibility index (Phi) is 3.75. The minimum atomic E-state index is -0.498. The number of halogens is 1. The molecular formula is C14H15FN2O2. The molecule has 4 nitrogen and oxygen atoms in total.